The van der Waals surface area contributed by atoms with E-state index in [2.05, 4.69) is 41.0 Å². The molecular weight excluding hydrogens is 336 g/mol. The van der Waals surface area contributed by atoms with Crippen molar-refractivity contribution in [1.82, 2.24) is 10.6 Å². The van der Waals surface area contributed by atoms with Gasteiger partial charge in [-0.1, -0.05) is 37.3 Å². The molecule has 5 rings (SSSR count). The monoisotopic (exact) mass is 368 g/mol. The van der Waals surface area contributed by atoms with Crippen molar-refractivity contribution in [2.24, 2.45) is 17.3 Å². The topological polar surface area (TPSA) is 58.2 Å². The van der Waals surface area contributed by atoms with Crippen molar-refractivity contribution in [2.75, 3.05) is 6.54 Å². The van der Waals surface area contributed by atoms with Crippen molar-refractivity contribution >= 4 is 11.8 Å². The maximum Gasteiger partial charge on any atom is 0.242 e. The Bertz CT molecular complexity index is 700. The Morgan fingerprint density at radius 3 is 2.41 bits per heavy atom. The van der Waals surface area contributed by atoms with E-state index in [-0.39, 0.29) is 22.6 Å². The molecule has 146 valence electrons. The summed E-state index contributed by atoms with van der Waals surface area (Å²) in [6.45, 7) is 4.49. The number of carbonyl (C=O) groups is 2. The first-order valence-corrected chi connectivity index (χ1v) is 10.6. The van der Waals surface area contributed by atoms with Crippen LogP contribution >= 0.6 is 0 Å². The standard InChI is InChI=1S/C23H32N2O2/c1-3-9-24-20(26)16(2)25-21(27)23-13-17-10-18(14-23)12-22(11-17,15-23)19-7-5-4-6-8-19/h4-8,16-18H,3,9-15H2,1-2H3,(H,24,26)(H,25,27)/t16-,17-,18+,22?,23?/m1/s1. The summed E-state index contributed by atoms with van der Waals surface area (Å²) < 4.78 is 0. The van der Waals surface area contributed by atoms with Gasteiger partial charge in [-0.15, -0.1) is 0 Å². The molecule has 4 bridgehead atoms. The third kappa shape index (κ3) is 3.28. The summed E-state index contributed by atoms with van der Waals surface area (Å²) in [5.41, 5.74) is 1.26. The predicted molar refractivity (Wildman–Crippen MR) is 106 cm³/mol. The Labute approximate surface area is 162 Å². The smallest absolute Gasteiger partial charge is 0.242 e. The van der Waals surface area contributed by atoms with Crippen LogP contribution in [0.4, 0.5) is 0 Å². The first-order chi connectivity index (χ1) is 13.0. The van der Waals surface area contributed by atoms with Gasteiger partial charge in [0.1, 0.15) is 6.04 Å². The molecule has 0 spiro atoms. The molecule has 27 heavy (non-hydrogen) atoms. The lowest BCUT2D eigenvalue weighted by Crippen LogP contribution is -2.60. The summed E-state index contributed by atoms with van der Waals surface area (Å²) in [6.07, 6.45) is 7.53. The van der Waals surface area contributed by atoms with Crippen molar-refractivity contribution in [2.45, 2.75) is 70.3 Å². The minimum absolute atomic E-state index is 0.0762. The maximum absolute atomic E-state index is 13.4. The van der Waals surface area contributed by atoms with Crippen LogP contribution in [-0.4, -0.2) is 24.4 Å². The molecule has 4 fully saturated rings. The van der Waals surface area contributed by atoms with Crippen molar-refractivity contribution in [3.63, 3.8) is 0 Å². The third-order valence-electron chi connectivity index (χ3n) is 7.22. The van der Waals surface area contributed by atoms with Gasteiger partial charge in [-0.05, 0) is 74.7 Å². The van der Waals surface area contributed by atoms with Crippen LogP contribution in [0.15, 0.2) is 30.3 Å². The Kier molecular flexibility index (Phi) is 4.77. The van der Waals surface area contributed by atoms with Crippen molar-refractivity contribution in [3.8, 4) is 0 Å². The van der Waals surface area contributed by atoms with Crippen LogP contribution in [0, 0.1) is 17.3 Å². The van der Waals surface area contributed by atoms with Gasteiger partial charge in [0.25, 0.3) is 0 Å². The minimum Gasteiger partial charge on any atom is -0.354 e. The highest BCUT2D eigenvalue weighted by molar-refractivity contribution is 5.90. The molecule has 1 aromatic rings. The van der Waals surface area contributed by atoms with E-state index < -0.39 is 6.04 Å². The quantitative estimate of drug-likeness (QED) is 0.807. The average Bonchev–Trinajstić information content (AvgIpc) is 2.65. The van der Waals surface area contributed by atoms with Crippen LogP contribution in [0.5, 0.6) is 0 Å². The second-order valence-electron chi connectivity index (χ2n) is 9.37. The largest absolute Gasteiger partial charge is 0.354 e. The molecular formula is C23H32N2O2. The van der Waals surface area contributed by atoms with Gasteiger partial charge in [0.05, 0.1) is 5.41 Å². The highest BCUT2D eigenvalue weighted by atomic mass is 16.2. The van der Waals surface area contributed by atoms with E-state index in [4.69, 9.17) is 0 Å². The summed E-state index contributed by atoms with van der Waals surface area (Å²) >= 11 is 0. The first-order valence-electron chi connectivity index (χ1n) is 10.6. The van der Waals surface area contributed by atoms with E-state index in [0.717, 1.165) is 25.7 Å². The SMILES string of the molecule is CCCNC(=O)[C@@H](C)NC(=O)C12C[C@H]3C[C@@H](C1)CC(c1ccccc1)(C3)C2. The number of rotatable bonds is 6. The second-order valence-corrected chi connectivity index (χ2v) is 9.37. The lowest BCUT2D eigenvalue weighted by Gasteiger charge is -2.61. The third-order valence-corrected chi connectivity index (χ3v) is 7.22. The van der Waals surface area contributed by atoms with Gasteiger partial charge < -0.3 is 10.6 Å². The van der Waals surface area contributed by atoms with E-state index in [9.17, 15) is 9.59 Å². The molecule has 2 N–H and O–H groups in total. The summed E-state index contributed by atoms with van der Waals surface area (Å²) in [5, 5.41) is 5.95. The van der Waals surface area contributed by atoms with Gasteiger partial charge >= 0.3 is 0 Å². The fourth-order valence-electron chi connectivity index (χ4n) is 6.47. The molecule has 0 aliphatic heterocycles. The number of amides is 2. The van der Waals surface area contributed by atoms with Gasteiger partial charge in [0.2, 0.25) is 11.8 Å². The van der Waals surface area contributed by atoms with Gasteiger partial charge in [0, 0.05) is 6.54 Å². The van der Waals surface area contributed by atoms with Crippen molar-refractivity contribution < 1.29 is 9.59 Å². The van der Waals surface area contributed by atoms with Crippen LogP contribution in [0.2, 0.25) is 0 Å². The lowest BCUT2D eigenvalue weighted by atomic mass is 9.42. The van der Waals surface area contributed by atoms with Gasteiger partial charge in [-0.25, -0.2) is 0 Å². The summed E-state index contributed by atoms with van der Waals surface area (Å²) in [4.78, 5) is 25.6. The maximum atomic E-state index is 13.4. The summed E-state index contributed by atoms with van der Waals surface area (Å²) in [5.74, 6) is 1.31. The highest BCUT2D eigenvalue weighted by Gasteiger charge is 2.61. The Hall–Kier alpha value is -1.84. The fraction of sp³-hybridized carbons (Fsp3) is 0.652. The van der Waals surface area contributed by atoms with E-state index >= 15 is 0 Å². The van der Waals surface area contributed by atoms with Crippen LogP contribution in [0.3, 0.4) is 0 Å². The number of hydrogen-bond donors (Lipinski definition) is 2. The molecule has 1 aromatic carbocycles. The van der Waals surface area contributed by atoms with Crippen LogP contribution in [0.25, 0.3) is 0 Å². The molecule has 4 nitrogen and oxygen atoms in total. The molecule has 0 aromatic heterocycles. The molecule has 4 aliphatic rings. The minimum atomic E-state index is -0.468. The zero-order valence-electron chi connectivity index (χ0n) is 16.6. The molecule has 5 atom stereocenters. The predicted octanol–water partition coefficient (Wildman–Crippen LogP) is 3.56. The Morgan fingerprint density at radius 1 is 1.11 bits per heavy atom. The van der Waals surface area contributed by atoms with Crippen LogP contribution < -0.4 is 10.6 Å². The average molecular weight is 369 g/mol. The molecule has 4 saturated carbocycles. The number of nitrogens with one attached hydrogen (secondary N) is 2. The number of hydrogen-bond acceptors (Lipinski definition) is 2. The van der Waals surface area contributed by atoms with Crippen LogP contribution in [0.1, 0.15) is 64.4 Å². The first kappa shape index (κ1) is 18.5. The molecule has 2 amide bonds. The zero-order chi connectivity index (χ0) is 19.1. The molecule has 2 unspecified atom stereocenters. The highest BCUT2D eigenvalue weighted by Crippen LogP contribution is 2.65. The summed E-state index contributed by atoms with van der Waals surface area (Å²) in [7, 11) is 0. The van der Waals surface area contributed by atoms with E-state index in [1.54, 1.807) is 6.92 Å². The molecule has 4 heteroatoms. The Balaban J connectivity index is 1.54. The molecule has 0 radical (unpaired) electrons. The van der Waals surface area contributed by atoms with E-state index in [1.165, 1.54) is 24.8 Å². The Morgan fingerprint density at radius 2 is 1.78 bits per heavy atom. The van der Waals surface area contributed by atoms with E-state index in [0.29, 0.717) is 18.4 Å². The van der Waals surface area contributed by atoms with Crippen molar-refractivity contribution in [3.05, 3.63) is 35.9 Å². The van der Waals surface area contributed by atoms with E-state index in [1.807, 2.05) is 6.92 Å². The van der Waals surface area contributed by atoms with Gasteiger partial charge in [0.15, 0.2) is 0 Å². The zero-order valence-corrected chi connectivity index (χ0v) is 16.6. The lowest BCUT2D eigenvalue weighted by molar-refractivity contribution is -0.151. The normalized spacial score (nSPS) is 34.9. The molecule has 0 saturated heterocycles. The number of benzene rings is 1. The summed E-state index contributed by atoms with van der Waals surface area (Å²) in [6, 6.07) is 10.4. The second kappa shape index (κ2) is 6.96. The van der Waals surface area contributed by atoms with Crippen LogP contribution in [-0.2, 0) is 15.0 Å². The van der Waals surface area contributed by atoms with Gasteiger partial charge in [-0.2, -0.15) is 0 Å². The number of carbonyl (C=O) groups excluding carboxylic acids is 2. The molecule has 4 aliphatic carbocycles. The van der Waals surface area contributed by atoms with Crippen molar-refractivity contribution in [1.29, 1.82) is 0 Å². The van der Waals surface area contributed by atoms with Gasteiger partial charge in [-0.3, -0.25) is 9.59 Å². The molecule has 0 heterocycles. The fourth-order valence-corrected chi connectivity index (χ4v) is 6.47.